The summed E-state index contributed by atoms with van der Waals surface area (Å²) in [7, 11) is 0. The highest BCUT2D eigenvalue weighted by Crippen LogP contribution is 2.27. The third-order valence-corrected chi connectivity index (χ3v) is 10.1. The van der Waals surface area contributed by atoms with E-state index in [1.807, 2.05) is 9.80 Å². The molecule has 6 nitrogen and oxygen atoms in total. The quantitative estimate of drug-likeness (QED) is 0.313. The van der Waals surface area contributed by atoms with Crippen LogP contribution >= 0.6 is 0 Å². The summed E-state index contributed by atoms with van der Waals surface area (Å²) in [4.78, 5) is 26.8. The molecule has 47 heavy (non-hydrogen) atoms. The number of amides is 2. The predicted octanol–water partition coefficient (Wildman–Crippen LogP) is 9.26. The van der Waals surface area contributed by atoms with Crippen molar-refractivity contribution in [2.45, 2.75) is 144 Å². The average Bonchev–Trinajstić information content (AvgIpc) is 3.24. The molecule has 2 saturated heterocycles. The van der Waals surface area contributed by atoms with Gasteiger partial charge in [-0.25, -0.2) is 4.79 Å². The lowest BCUT2D eigenvalue weighted by Crippen LogP contribution is -2.47. The standard InChI is InChI=1S/C20H26.C11H20N2O2.C10H19NO/c1-5-15(2)7-6-8-18-11-12-19-13-16(3)9-10-20(19)14-17(18)4;14-11(13-8-6-12-7-9-13)15-10-4-2-1-3-5-10;1-3-6-10-7-4-5-8-11(10)9(2)12/h6-10,13H,5,11-12,14H2,1-4H3;10,12H,1-9H2;10H,3-8H2,1-2H3/b8-6-,15-7+;;. The molecular weight excluding hydrogens is 582 g/mol. The number of ether oxygens (including phenoxy) is 1. The van der Waals surface area contributed by atoms with Crippen LogP contribution in [0.15, 0.2) is 53.1 Å². The molecule has 4 aliphatic rings. The molecule has 2 amide bonds. The van der Waals surface area contributed by atoms with Crippen molar-refractivity contribution in [3.8, 4) is 0 Å². The second-order valence-corrected chi connectivity index (χ2v) is 14.0. The van der Waals surface area contributed by atoms with Gasteiger partial charge in [0.05, 0.1) is 0 Å². The average molecular weight is 648 g/mol. The Labute approximate surface area is 287 Å². The fourth-order valence-corrected chi connectivity index (χ4v) is 7.01. The van der Waals surface area contributed by atoms with Crippen LogP contribution < -0.4 is 5.32 Å². The van der Waals surface area contributed by atoms with E-state index >= 15 is 0 Å². The number of rotatable bonds is 6. The van der Waals surface area contributed by atoms with E-state index in [2.05, 4.69) is 76.4 Å². The van der Waals surface area contributed by atoms with Crippen molar-refractivity contribution in [2.75, 3.05) is 32.7 Å². The fourth-order valence-electron chi connectivity index (χ4n) is 7.01. The monoisotopic (exact) mass is 648 g/mol. The zero-order valence-corrected chi connectivity index (χ0v) is 30.7. The van der Waals surface area contributed by atoms with E-state index in [0.717, 1.165) is 64.8 Å². The topological polar surface area (TPSA) is 61.9 Å². The number of carbonyl (C=O) groups excluding carboxylic acids is 2. The minimum Gasteiger partial charge on any atom is -0.446 e. The SMILES string of the molecule is CC/C(C)=C/C=C\C1=C(C)Cc2ccc(C)cc2CC1.CCCC1CCCCN1C(C)=O.O=C(OC1CCCCC1)N1CCNCC1. The molecule has 2 aliphatic heterocycles. The van der Waals surface area contributed by atoms with Crippen LogP contribution in [0.5, 0.6) is 0 Å². The van der Waals surface area contributed by atoms with Crippen molar-refractivity contribution in [1.82, 2.24) is 15.1 Å². The van der Waals surface area contributed by atoms with Crippen molar-refractivity contribution in [3.05, 3.63) is 69.8 Å². The lowest BCUT2D eigenvalue weighted by Gasteiger charge is -2.35. The number of hydrogen-bond donors (Lipinski definition) is 1. The first-order chi connectivity index (χ1) is 22.7. The molecule has 2 heterocycles. The summed E-state index contributed by atoms with van der Waals surface area (Å²) < 4.78 is 5.49. The Balaban J connectivity index is 0.000000199. The number of nitrogens with zero attached hydrogens (tertiary/aromatic N) is 2. The molecule has 1 N–H and O–H groups in total. The van der Waals surface area contributed by atoms with E-state index in [0.29, 0.717) is 6.04 Å². The van der Waals surface area contributed by atoms with Crippen LogP contribution in [0.1, 0.15) is 128 Å². The Morgan fingerprint density at radius 2 is 1.64 bits per heavy atom. The predicted molar refractivity (Wildman–Crippen MR) is 197 cm³/mol. The highest BCUT2D eigenvalue weighted by Gasteiger charge is 2.24. The molecule has 1 atom stereocenters. The lowest BCUT2D eigenvalue weighted by atomic mass is 9.98. The summed E-state index contributed by atoms with van der Waals surface area (Å²) in [5, 5.41) is 3.22. The van der Waals surface area contributed by atoms with Gasteiger partial charge in [0.1, 0.15) is 6.10 Å². The van der Waals surface area contributed by atoms with Crippen LogP contribution in [0.3, 0.4) is 0 Å². The summed E-state index contributed by atoms with van der Waals surface area (Å²) >= 11 is 0. The first kappa shape index (κ1) is 38.6. The number of carbonyl (C=O) groups is 2. The van der Waals surface area contributed by atoms with Crippen LogP contribution in [0.4, 0.5) is 4.79 Å². The van der Waals surface area contributed by atoms with E-state index in [4.69, 9.17) is 4.74 Å². The van der Waals surface area contributed by atoms with Crippen LogP contribution in [-0.2, 0) is 22.4 Å². The maximum atomic E-state index is 11.7. The Hall–Kier alpha value is -2.86. The number of allylic oxidation sites excluding steroid dienone is 6. The summed E-state index contributed by atoms with van der Waals surface area (Å²) in [6.45, 7) is 17.1. The Bertz CT molecular complexity index is 1200. The number of benzene rings is 1. The smallest absolute Gasteiger partial charge is 0.410 e. The first-order valence-corrected chi connectivity index (χ1v) is 18.8. The first-order valence-electron chi connectivity index (χ1n) is 18.8. The summed E-state index contributed by atoms with van der Waals surface area (Å²) in [6.07, 6.45) is 23.3. The van der Waals surface area contributed by atoms with Gasteiger partial charge in [0.25, 0.3) is 0 Å². The van der Waals surface area contributed by atoms with Crippen molar-refractivity contribution in [1.29, 1.82) is 0 Å². The Kier molecular flexibility index (Phi) is 17.4. The second kappa shape index (κ2) is 21.2. The van der Waals surface area contributed by atoms with Crippen molar-refractivity contribution in [3.63, 3.8) is 0 Å². The number of aryl methyl sites for hydroxylation is 2. The summed E-state index contributed by atoms with van der Waals surface area (Å²) in [5.41, 5.74) is 8.89. The zero-order valence-electron chi connectivity index (χ0n) is 30.7. The van der Waals surface area contributed by atoms with E-state index in [-0.39, 0.29) is 18.1 Å². The number of piperazine rings is 1. The van der Waals surface area contributed by atoms with Gasteiger partial charge < -0.3 is 19.9 Å². The highest BCUT2D eigenvalue weighted by atomic mass is 16.6. The Morgan fingerprint density at radius 1 is 0.915 bits per heavy atom. The molecule has 3 fully saturated rings. The van der Waals surface area contributed by atoms with Gasteiger partial charge in [-0.1, -0.05) is 79.8 Å². The second-order valence-electron chi connectivity index (χ2n) is 14.0. The molecule has 2 aliphatic carbocycles. The van der Waals surface area contributed by atoms with Crippen LogP contribution in [0.25, 0.3) is 0 Å². The third kappa shape index (κ3) is 13.6. The van der Waals surface area contributed by atoms with Crippen molar-refractivity contribution in [2.24, 2.45) is 0 Å². The van der Waals surface area contributed by atoms with Gasteiger partial charge in [0.15, 0.2) is 0 Å². The van der Waals surface area contributed by atoms with Gasteiger partial charge in [-0.3, -0.25) is 4.79 Å². The van der Waals surface area contributed by atoms with Gasteiger partial charge in [-0.2, -0.15) is 0 Å². The summed E-state index contributed by atoms with van der Waals surface area (Å²) in [6, 6.07) is 7.44. The molecular formula is C41H65N3O3. The minimum atomic E-state index is -0.108. The maximum absolute atomic E-state index is 11.7. The number of likely N-dealkylation sites (tertiary alicyclic amines) is 1. The molecule has 0 bridgehead atoms. The third-order valence-electron chi connectivity index (χ3n) is 10.1. The molecule has 5 rings (SSSR count). The van der Waals surface area contributed by atoms with Crippen molar-refractivity contribution < 1.29 is 14.3 Å². The number of fused-ring (bicyclic) bond motifs is 1. The van der Waals surface area contributed by atoms with Crippen molar-refractivity contribution >= 4 is 12.0 Å². The Morgan fingerprint density at radius 3 is 2.32 bits per heavy atom. The lowest BCUT2D eigenvalue weighted by molar-refractivity contribution is -0.132. The van der Waals surface area contributed by atoms with E-state index < -0.39 is 0 Å². The molecule has 0 radical (unpaired) electrons. The van der Waals surface area contributed by atoms with Gasteiger partial charge in [-0.05, 0) is 115 Å². The van der Waals surface area contributed by atoms with Crippen LogP contribution in [0.2, 0.25) is 0 Å². The van der Waals surface area contributed by atoms with E-state index in [9.17, 15) is 9.59 Å². The number of piperidine rings is 1. The van der Waals surface area contributed by atoms with Gasteiger partial charge in [0.2, 0.25) is 5.91 Å². The van der Waals surface area contributed by atoms with Gasteiger partial charge >= 0.3 is 6.09 Å². The normalized spacial score (nSPS) is 20.8. The summed E-state index contributed by atoms with van der Waals surface area (Å²) in [5.74, 6) is 0.258. The maximum Gasteiger partial charge on any atom is 0.410 e. The molecule has 1 aromatic rings. The molecule has 1 aromatic carbocycles. The number of nitrogens with one attached hydrogen (secondary N) is 1. The molecule has 0 aromatic heterocycles. The largest absolute Gasteiger partial charge is 0.446 e. The minimum absolute atomic E-state index is 0.108. The molecule has 1 saturated carbocycles. The highest BCUT2D eigenvalue weighted by molar-refractivity contribution is 5.73. The van der Waals surface area contributed by atoms with Gasteiger partial charge in [0, 0.05) is 45.7 Å². The molecule has 262 valence electrons. The van der Waals surface area contributed by atoms with E-state index in [1.54, 1.807) is 6.92 Å². The zero-order chi connectivity index (χ0) is 34.0. The number of hydrogen-bond acceptors (Lipinski definition) is 4. The van der Waals surface area contributed by atoms with Gasteiger partial charge in [-0.15, -0.1) is 0 Å². The molecule has 0 spiro atoms. The van der Waals surface area contributed by atoms with E-state index in [1.165, 1.54) is 91.2 Å². The molecule has 6 heteroatoms. The fraction of sp³-hybridized carbons (Fsp3) is 0.659. The molecule has 1 unspecified atom stereocenters. The van der Waals surface area contributed by atoms with Crippen LogP contribution in [-0.4, -0.2) is 66.7 Å². The van der Waals surface area contributed by atoms with Crippen LogP contribution in [0, 0.1) is 6.92 Å².